The van der Waals surface area contributed by atoms with Gasteiger partial charge in [-0.15, -0.1) is 0 Å². The summed E-state index contributed by atoms with van der Waals surface area (Å²) in [5.74, 6) is 3.22. The molecule has 2 fully saturated rings. The summed E-state index contributed by atoms with van der Waals surface area (Å²) in [4.78, 5) is 0. The minimum absolute atomic E-state index is 0.497. The van der Waals surface area contributed by atoms with Crippen LogP contribution in [0.25, 0.3) is 0 Å². The van der Waals surface area contributed by atoms with Gasteiger partial charge >= 0.3 is 0 Å². The molecule has 4 unspecified atom stereocenters. The van der Waals surface area contributed by atoms with Crippen LogP contribution in [-0.4, -0.2) is 25.3 Å². The van der Waals surface area contributed by atoms with Crippen LogP contribution < -0.4 is 5.32 Å². The smallest absolute Gasteiger partial charge is 0.0626 e. The molecule has 0 aromatic rings. The van der Waals surface area contributed by atoms with E-state index in [1.54, 1.807) is 0 Å². The molecule has 4 atom stereocenters. The molecule has 0 bridgehead atoms. The van der Waals surface area contributed by atoms with Crippen molar-refractivity contribution < 1.29 is 4.74 Å². The van der Waals surface area contributed by atoms with Crippen LogP contribution in [0.1, 0.15) is 72.6 Å². The fourth-order valence-electron chi connectivity index (χ4n) is 4.52. The molecule has 2 saturated carbocycles. The third kappa shape index (κ3) is 4.96. The van der Waals surface area contributed by atoms with E-state index in [0.717, 1.165) is 36.8 Å². The van der Waals surface area contributed by atoms with Crippen molar-refractivity contribution in [3.8, 4) is 0 Å². The maximum atomic E-state index is 6.49. The summed E-state index contributed by atoms with van der Waals surface area (Å²) in [5, 5.41) is 3.69. The van der Waals surface area contributed by atoms with Gasteiger partial charge in [-0.25, -0.2) is 0 Å². The first-order chi connectivity index (χ1) is 10.1. The molecule has 2 aliphatic rings. The van der Waals surface area contributed by atoms with Crippen LogP contribution >= 0.6 is 0 Å². The molecule has 2 heteroatoms. The second-order valence-electron chi connectivity index (χ2n) is 7.91. The highest BCUT2D eigenvalue weighted by atomic mass is 16.5. The summed E-state index contributed by atoms with van der Waals surface area (Å²) in [6.07, 6.45) is 10.2. The van der Waals surface area contributed by atoms with E-state index < -0.39 is 0 Å². The van der Waals surface area contributed by atoms with Crippen LogP contribution in [0.4, 0.5) is 0 Å². The third-order valence-electron chi connectivity index (χ3n) is 5.89. The van der Waals surface area contributed by atoms with Crippen LogP contribution in [0.15, 0.2) is 0 Å². The molecule has 2 aliphatic carbocycles. The molecular formula is C19H37NO. The molecule has 2 rings (SSSR count). The van der Waals surface area contributed by atoms with E-state index in [4.69, 9.17) is 4.74 Å². The quantitative estimate of drug-likeness (QED) is 0.739. The summed E-state index contributed by atoms with van der Waals surface area (Å²) >= 11 is 0. The fourth-order valence-corrected chi connectivity index (χ4v) is 4.52. The molecular weight excluding hydrogens is 258 g/mol. The molecule has 0 radical (unpaired) electrons. The molecule has 124 valence electrons. The third-order valence-corrected chi connectivity index (χ3v) is 5.89. The highest BCUT2D eigenvalue weighted by Crippen LogP contribution is 2.36. The van der Waals surface area contributed by atoms with Gasteiger partial charge in [-0.1, -0.05) is 47.0 Å². The van der Waals surface area contributed by atoms with Crippen molar-refractivity contribution in [1.82, 2.24) is 5.32 Å². The Kier molecular flexibility index (Phi) is 7.01. The standard InChI is InChI=1S/C19H37NO/c1-5-20-18(16-8-6-7-9-16)13-21-19-12-15(4)10-11-17(19)14(2)3/h14-20H,5-13H2,1-4H3. The van der Waals surface area contributed by atoms with E-state index in [1.165, 1.54) is 44.9 Å². The Hall–Kier alpha value is -0.0800. The molecule has 0 aliphatic heterocycles. The van der Waals surface area contributed by atoms with Crippen LogP contribution in [0.2, 0.25) is 0 Å². The minimum atomic E-state index is 0.497. The van der Waals surface area contributed by atoms with Gasteiger partial charge in [0.25, 0.3) is 0 Å². The maximum Gasteiger partial charge on any atom is 0.0626 e. The lowest BCUT2D eigenvalue weighted by Crippen LogP contribution is -2.42. The van der Waals surface area contributed by atoms with Crippen molar-refractivity contribution >= 4 is 0 Å². The van der Waals surface area contributed by atoms with Crippen molar-refractivity contribution in [2.24, 2.45) is 23.7 Å². The van der Waals surface area contributed by atoms with Gasteiger partial charge < -0.3 is 10.1 Å². The molecule has 0 spiro atoms. The topological polar surface area (TPSA) is 21.3 Å². The Morgan fingerprint density at radius 3 is 2.43 bits per heavy atom. The average molecular weight is 296 g/mol. The van der Waals surface area contributed by atoms with Gasteiger partial charge in [0.2, 0.25) is 0 Å². The van der Waals surface area contributed by atoms with Crippen molar-refractivity contribution in [2.75, 3.05) is 13.2 Å². The minimum Gasteiger partial charge on any atom is -0.376 e. The number of ether oxygens (including phenoxy) is 1. The molecule has 1 N–H and O–H groups in total. The SMILES string of the molecule is CCNC(COC1CC(C)CCC1C(C)C)C1CCCC1. The van der Waals surface area contributed by atoms with Gasteiger partial charge in [0.1, 0.15) is 0 Å². The normalized spacial score (nSPS) is 32.7. The van der Waals surface area contributed by atoms with E-state index in [2.05, 4.69) is 33.0 Å². The van der Waals surface area contributed by atoms with E-state index in [9.17, 15) is 0 Å². The van der Waals surface area contributed by atoms with Crippen molar-refractivity contribution in [2.45, 2.75) is 84.8 Å². The lowest BCUT2D eigenvalue weighted by atomic mass is 9.75. The van der Waals surface area contributed by atoms with E-state index >= 15 is 0 Å². The van der Waals surface area contributed by atoms with Gasteiger partial charge in [0.05, 0.1) is 12.7 Å². The number of hydrogen-bond acceptors (Lipinski definition) is 2. The molecule has 0 aromatic heterocycles. The first-order valence-corrected chi connectivity index (χ1v) is 9.46. The second kappa shape index (κ2) is 8.53. The van der Waals surface area contributed by atoms with Crippen LogP contribution in [0, 0.1) is 23.7 Å². The lowest BCUT2D eigenvalue weighted by Gasteiger charge is -2.38. The number of likely N-dealkylation sites (N-methyl/N-ethyl adjacent to an activating group) is 1. The van der Waals surface area contributed by atoms with Crippen molar-refractivity contribution in [3.05, 3.63) is 0 Å². The zero-order valence-corrected chi connectivity index (χ0v) is 14.7. The van der Waals surface area contributed by atoms with Crippen LogP contribution in [-0.2, 0) is 4.74 Å². The zero-order valence-electron chi connectivity index (χ0n) is 14.7. The predicted octanol–water partition coefficient (Wildman–Crippen LogP) is 4.63. The highest BCUT2D eigenvalue weighted by Gasteiger charge is 2.33. The fraction of sp³-hybridized carbons (Fsp3) is 1.00. The zero-order chi connectivity index (χ0) is 15.2. The molecule has 0 amide bonds. The molecule has 0 saturated heterocycles. The number of rotatable bonds is 7. The average Bonchev–Trinajstić information content (AvgIpc) is 2.97. The van der Waals surface area contributed by atoms with Gasteiger partial charge in [-0.3, -0.25) is 0 Å². The first kappa shape index (κ1) is 17.3. The van der Waals surface area contributed by atoms with Gasteiger partial charge in [-0.2, -0.15) is 0 Å². The van der Waals surface area contributed by atoms with Crippen molar-refractivity contribution in [1.29, 1.82) is 0 Å². The van der Waals surface area contributed by atoms with Crippen LogP contribution in [0.5, 0.6) is 0 Å². The number of hydrogen-bond donors (Lipinski definition) is 1. The molecule has 0 heterocycles. The van der Waals surface area contributed by atoms with Crippen LogP contribution in [0.3, 0.4) is 0 Å². The summed E-state index contributed by atoms with van der Waals surface area (Å²) in [5.41, 5.74) is 0. The molecule has 2 nitrogen and oxygen atoms in total. The molecule has 0 aromatic carbocycles. The Morgan fingerprint density at radius 2 is 1.81 bits per heavy atom. The Bertz CT molecular complexity index is 285. The van der Waals surface area contributed by atoms with Gasteiger partial charge in [0.15, 0.2) is 0 Å². The van der Waals surface area contributed by atoms with E-state index in [-0.39, 0.29) is 0 Å². The summed E-state index contributed by atoms with van der Waals surface area (Å²) in [7, 11) is 0. The Balaban J connectivity index is 1.87. The van der Waals surface area contributed by atoms with E-state index in [1.807, 2.05) is 0 Å². The second-order valence-corrected chi connectivity index (χ2v) is 7.91. The van der Waals surface area contributed by atoms with Crippen molar-refractivity contribution in [3.63, 3.8) is 0 Å². The van der Waals surface area contributed by atoms with Gasteiger partial charge in [0, 0.05) is 6.04 Å². The molecule has 21 heavy (non-hydrogen) atoms. The Morgan fingerprint density at radius 1 is 1.10 bits per heavy atom. The predicted molar refractivity (Wildman–Crippen MR) is 90.5 cm³/mol. The maximum absolute atomic E-state index is 6.49. The Labute approximate surface area is 132 Å². The van der Waals surface area contributed by atoms with Gasteiger partial charge in [-0.05, 0) is 55.9 Å². The number of nitrogens with one attached hydrogen (secondary N) is 1. The monoisotopic (exact) mass is 295 g/mol. The largest absolute Gasteiger partial charge is 0.376 e. The summed E-state index contributed by atoms with van der Waals surface area (Å²) in [6, 6.07) is 0.586. The first-order valence-electron chi connectivity index (χ1n) is 9.46. The van der Waals surface area contributed by atoms with E-state index in [0.29, 0.717) is 12.1 Å². The highest BCUT2D eigenvalue weighted by molar-refractivity contribution is 4.84. The lowest BCUT2D eigenvalue weighted by molar-refractivity contribution is -0.0505. The summed E-state index contributed by atoms with van der Waals surface area (Å²) < 4.78 is 6.49. The summed E-state index contributed by atoms with van der Waals surface area (Å²) in [6.45, 7) is 11.4.